The van der Waals surface area contributed by atoms with E-state index in [0.717, 1.165) is 16.9 Å². The zero-order valence-corrected chi connectivity index (χ0v) is 21.7. The van der Waals surface area contributed by atoms with Gasteiger partial charge in [-0.1, -0.05) is 25.1 Å². The Balaban J connectivity index is 1.70. The molecule has 34 heavy (non-hydrogen) atoms. The lowest BCUT2D eigenvalue weighted by atomic mass is 9.99. The number of benzene rings is 1. The molecular formula is C24H35N5O4S. The zero-order valence-electron chi connectivity index (χ0n) is 20.9. The maximum absolute atomic E-state index is 12.1. The van der Waals surface area contributed by atoms with E-state index in [0.29, 0.717) is 50.7 Å². The third-order valence-electron chi connectivity index (χ3n) is 5.97. The first kappa shape index (κ1) is 24.7. The summed E-state index contributed by atoms with van der Waals surface area (Å²) in [6.45, 7) is 12.9. The van der Waals surface area contributed by atoms with E-state index in [4.69, 9.17) is 9.15 Å². The van der Waals surface area contributed by atoms with Crippen molar-refractivity contribution in [3.8, 4) is 11.6 Å². The molecule has 2 aromatic heterocycles. The van der Waals surface area contributed by atoms with E-state index < -0.39 is 10.0 Å². The molecule has 0 N–H and O–H groups in total. The minimum atomic E-state index is -3.25. The van der Waals surface area contributed by atoms with E-state index in [2.05, 4.69) is 42.8 Å². The van der Waals surface area contributed by atoms with E-state index in [1.165, 1.54) is 10.6 Å². The number of anilines is 1. The summed E-state index contributed by atoms with van der Waals surface area (Å²) in [5, 5.41) is 10.1. The van der Waals surface area contributed by atoms with Gasteiger partial charge in [0, 0.05) is 38.1 Å². The van der Waals surface area contributed by atoms with Crippen molar-refractivity contribution < 1.29 is 17.6 Å². The first-order valence-electron chi connectivity index (χ1n) is 11.7. The lowest BCUT2D eigenvalue weighted by Crippen LogP contribution is -2.58. The van der Waals surface area contributed by atoms with E-state index >= 15 is 0 Å². The summed E-state index contributed by atoms with van der Waals surface area (Å²) in [6, 6.07) is 9.82. The van der Waals surface area contributed by atoms with Gasteiger partial charge < -0.3 is 14.1 Å². The summed E-state index contributed by atoms with van der Waals surface area (Å²) in [7, 11) is -3.25. The fraction of sp³-hybridized carbons (Fsp3) is 0.583. The van der Waals surface area contributed by atoms with Crippen LogP contribution in [0.2, 0.25) is 0 Å². The van der Waals surface area contributed by atoms with Crippen molar-refractivity contribution in [2.45, 2.75) is 58.8 Å². The molecule has 10 heteroatoms. The van der Waals surface area contributed by atoms with Gasteiger partial charge in [0.2, 0.25) is 21.8 Å². The van der Waals surface area contributed by atoms with Gasteiger partial charge in [-0.05, 0) is 46.2 Å². The number of para-hydroxylation sites is 1. The Morgan fingerprint density at radius 3 is 2.38 bits per heavy atom. The molecule has 0 radical (unpaired) electrons. The summed E-state index contributed by atoms with van der Waals surface area (Å²) >= 11 is 0. The molecule has 1 aliphatic rings. The number of sulfonamides is 1. The van der Waals surface area contributed by atoms with Crippen molar-refractivity contribution in [1.82, 2.24) is 19.1 Å². The first-order valence-corrected chi connectivity index (χ1v) is 13.6. The Hall–Kier alpha value is -2.43. The summed E-state index contributed by atoms with van der Waals surface area (Å²) in [6.07, 6.45) is 1.87. The quantitative estimate of drug-likeness (QED) is 0.476. The predicted molar refractivity (Wildman–Crippen MR) is 133 cm³/mol. The van der Waals surface area contributed by atoms with Gasteiger partial charge in [0.1, 0.15) is 5.58 Å². The highest BCUT2D eigenvalue weighted by Crippen LogP contribution is 2.34. The average Bonchev–Trinajstić information content (AvgIpc) is 3.31. The van der Waals surface area contributed by atoms with Crippen LogP contribution in [0.4, 0.5) is 5.95 Å². The Kier molecular flexibility index (Phi) is 6.52. The van der Waals surface area contributed by atoms with E-state index in [1.807, 2.05) is 41.8 Å². The van der Waals surface area contributed by atoms with Gasteiger partial charge in [0.15, 0.2) is 5.76 Å². The van der Waals surface area contributed by atoms with Crippen LogP contribution in [0.3, 0.4) is 0 Å². The fourth-order valence-electron chi connectivity index (χ4n) is 4.90. The second-order valence-electron chi connectivity index (χ2n) is 10.2. The molecule has 3 heterocycles. The number of fused-ring (bicyclic) bond motifs is 1. The van der Waals surface area contributed by atoms with Gasteiger partial charge in [-0.3, -0.25) is 4.57 Å². The Morgan fingerprint density at radius 1 is 1.09 bits per heavy atom. The van der Waals surface area contributed by atoms with E-state index in [9.17, 15) is 8.42 Å². The molecule has 1 aromatic carbocycles. The highest BCUT2D eigenvalue weighted by molar-refractivity contribution is 7.88. The van der Waals surface area contributed by atoms with Crippen molar-refractivity contribution in [1.29, 1.82) is 0 Å². The Bertz CT molecular complexity index is 1210. The minimum Gasteiger partial charge on any atom is -0.453 e. The van der Waals surface area contributed by atoms with Crippen molar-refractivity contribution >= 4 is 26.9 Å². The number of hydrogen-bond donors (Lipinski definition) is 0. The monoisotopic (exact) mass is 489 g/mol. The standard InChI is InChI=1S/C24H35N5O4S/c1-7-28(34(6,30)31)13-10-14-29-21(20-15-18-11-8-9-12-19(18)32-20)25-26-22(29)27-16-23(2,3)33-24(4,5)17-27/h8-9,11-12,15H,7,10,13-14,16-17H2,1-6H3. The van der Waals surface area contributed by atoms with Crippen molar-refractivity contribution in [3.05, 3.63) is 30.3 Å². The lowest BCUT2D eigenvalue weighted by Gasteiger charge is -2.47. The lowest BCUT2D eigenvalue weighted by molar-refractivity contribution is -0.133. The van der Waals surface area contributed by atoms with Crippen LogP contribution in [0.1, 0.15) is 41.0 Å². The van der Waals surface area contributed by atoms with Gasteiger partial charge in [0.05, 0.1) is 17.5 Å². The number of morpholine rings is 1. The van der Waals surface area contributed by atoms with Crippen LogP contribution in [-0.4, -0.2) is 71.1 Å². The molecule has 0 amide bonds. The summed E-state index contributed by atoms with van der Waals surface area (Å²) in [5.41, 5.74) is 0.0808. The second kappa shape index (κ2) is 8.98. The molecule has 4 rings (SSSR count). The summed E-state index contributed by atoms with van der Waals surface area (Å²) in [4.78, 5) is 2.21. The molecule has 1 saturated heterocycles. The molecule has 0 unspecified atom stereocenters. The number of rotatable bonds is 8. The maximum atomic E-state index is 12.1. The number of furan rings is 1. The molecular weight excluding hydrogens is 454 g/mol. The van der Waals surface area contributed by atoms with Crippen LogP contribution in [0.5, 0.6) is 0 Å². The molecule has 1 fully saturated rings. The van der Waals surface area contributed by atoms with Crippen LogP contribution in [0.25, 0.3) is 22.6 Å². The Morgan fingerprint density at radius 2 is 1.76 bits per heavy atom. The van der Waals surface area contributed by atoms with Gasteiger partial charge in [-0.15, -0.1) is 10.2 Å². The average molecular weight is 490 g/mol. The molecule has 0 atom stereocenters. The highest BCUT2D eigenvalue weighted by Gasteiger charge is 2.40. The molecule has 9 nitrogen and oxygen atoms in total. The number of nitrogens with zero attached hydrogens (tertiary/aromatic N) is 5. The van der Waals surface area contributed by atoms with E-state index in [-0.39, 0.29) is 11.2 Å². The fourth-order valence-corrected chi connectivity index (χ4v) is 5.83. The van der Waals surface area contributed by atoms with Crippen LogP contribution in [0, 0.1) is 0 Å². The van der Waals surface area contributed by atoms with Gasteiger partial charge in [-0.2, -0.15) is 0 Å². The van der Waals surface area contributed by atoms with Crippen LogP contribution >= 0.6 is 0 Å². The summed E-state index contributed by atoms with van der Waals surface area (Å²) in [5.74, 6) is 2.01. The normalized spacial score (nSPS) is 18.1. The molecule has 0 saturated carbocycles. The van der Waals surface area contributed by atoms with E-state index in [1.54, 1.807) is 0 Å². The largest absolute Gasteiger partial charge is 0.453 e. The molecule has 0 bridgehead atoms. The first-order chi connectivity index (χ1) is 15.9. The maximum Gasteiger partial charge on any atom is 0.227 e. The van der Waals surface area contributed by atoms with Crippen molar-refractivity contribution in [3.63, 3.8) is 0 Å². The highest BCUT2D eigenvalue weighted by atomic mass is 32.2. The van der Waals surface area contributed by atoms with Gasteiger partial charge in [0.25, 0.3) is 0 Å². The van der Waals surface area contributed by atoms with Crippen molar-refractivity contribution in [2.75, 3.05) is 37.3 Å². The van der Waals surface area contributed by atoms with Crippen LogP contribution < -0.4 is 4.90 Å². The Labute approximate surface area is 201 Å². The topological polar surface area (TPSA) is 93.7 Å². The molecule has 1 aliphatic heterocycles. The molecule has 3 aromatic rings. The third kappa shape index (κ3) is 5.29. The smallest absolute Gasteiger partial charge is 0.227 e. The number of hydrogen-bond acceptors (Lipinski definition) is 7. The molecule has 0 spiro atoms. The van der Waals surface area contributed by atoms with Crippen LogP contribution in [-0.2, 0) is 21.3 Å². The van der Waals surface area contributed by atoms with Crippen LogP contribution in [0.15, 0.2) is 34.7 Å². The van der Waals surface area contributed by atoms with Crippen molar-refractivity contribution in [2.24, 2.45) is 0 Å². The third-order valence-corrected chi connectivity index (χ3v) is 7.35. The van der Waals surface area contributed by atoms with Gasteiger partial charge >= 0.3 is 0 Å². The minimum absolute atomic E-state index is 0.354. The molecule has 0 aliphatic carbocycles. The number of ether oxygens (including phenoxy) is 1. The van der Waals surface area contributed by atoms with Gasteiger partial charge in [-0.25, -0.2) is 12.7 Å². The number of aromatic nitrogens is 3. The SMILES string of the molecule is CCN(CCCn1c(-c2cc3ccccc3o2)nnc1N1CC(C)(C)OC(C)(C)C1)S(C)(=O)=O. The zero-order chi connectivity index (χ0) is 24.7. The predicted octanol–water partition coefficient (Wildman–Crippen LogP) is 3.76. The summed E-state index contributed by atoms with van der Waals surface area (Å²) < 4.78 is 40.0. The second-order valence-corrected chi connectivity index (χ2v) is 12.2. The molecule has 186 valence electrons.